The van der Waals surface area contributed by atoms with Crippen molar-refractivity contribution in [3.05, 3.63) is 45.9 Å². The van der Waals surface area contributed by atoms with Crippen molar-refractivity contribution in [1.82, 2.24) is 30.0 Å². The van der Waals surface area contributed by atoms with E-state index < -0.39 is 0 Å². The smallest absolute Gasteiger partial charge is 0.296 e. The third-order valence-electron chi connectivity index (χ3n) is 5.20. The van der Waals surface area contributed by atoms with Crippen molar-refractivity contribution in [2.45, 2.75) is 46.3 Å². The molecule has 1 aliphatic heterocycles. The molecule has 0 unspecified atom stereocenters. The molecule has 7 heteroatoms. The van der Waals surface area contributed by atoms with E-state index in [1.807, 2.05) is 13.1 Å². The Balaban J connectivity index is 1.66. The summed E-state index contributed by atoms with van der Waals surface area (Å²) in [5.41, 5.74) is 2.08. The number of rotatable bonds is 6. The summed E-state index contributed by atoms with van der Waals surface area (Å²) in [4.78, 5) is 23.4. The number of aryl methyl sites for hydroxylation is 1. The van der Waals surface area contributed by atoms with E-state index in [4.69, 9.17) is 0 Å². The third-order valence-corrected chi connectivity index (χ3v) is 5.20. The maximum atomic E-state index is 11.3. The highest BCUT2D eigenvalue weighted by molar-refractivity contribution is 5.13. The Hall–Kier alpha value is -1.99. The minimum Gasteiger partial charge on any atom is -0.296 e. The lowest BCUT2D eigenvalue weighted by atomic mass is 9.95. The van der Waals surface area contributed by atoms with Crippen molar-refractivity contribution >= 4 is 0 Å². The SMILES string of the molecule is CC[C@@H](C)[C@@H]1CN(Cc2ccc(C)nc2)CCN1Cc1n[nH]c(=O)[nH]1. The molecule has 2 atom stereocenters. The second-order valence-electron chi connectivity index (χ2n) is 7.09. The van der Waals surface area contributed by atoms with E-state index in [-0.39, 0.29) is 5.69 Å². The van der Waals surface area contributed by atoms with Crippen LogP contribution in [-0.2, 0) is 13.1 Å². The predicted octanol–water partition coefficient (Wildman–Crippen LogP) is 1.53. The number of H-pyrrole nitrogens is 2. The maximum Gasteiger partial charge on any atom is 0.340 e. The van der Waals surface area contributed by atoms with Gasteiger partial charge in [-0.15, -0.1) is 0 Å². The van der Waals surface area contributed by atoms with Crippen molar-refractivity contribution in [3.63, 3.8) is 0 Å². The first kappa shape index (κ1) is 17.8. The van der Waals surface area contributed by atoms with Gasteiger partial charge in [0, 0.05) is 44.1 Å². The molecule has 2 aromatic heterocycles. The van der Waals surface area contributed by atoms with Crippen LogP contribution in [0.15, 0.2) is 23.1 Å². The van der Waals surface area contributed by atoms with Crippen molar-refractivity contribution < 1.29 is 0 Å². The molecule has 0 bridgehead atoms. The molecule has 3 rings (SSSR count). The van der Waals surface area contributed by atoms with Crippen LogP contribution in [0.3, 0.4) is 0 Å². The van der Waals surface area contributed by atoms with Gasteiger partial charge in [0.2, 0.25) is 0 Å². The Bertz CT molecular complexity index is 722. The topological polar surface area (TPSA) is 80.9 Å². The summed E-state index contributed by atoms with van der Waals surface area (Å²) in [6.07, 6.45) is 3.12. The predicted molar refractivity (Wildman–Crippen MR) is 97.1 cm³/mol. The number of piperazine rings is 1. The molecule has 0 aromatic carbocycles. The van der Waals surface area contributed by atoms with E-state index in [1.165, 1.54) is 5.56 Å². The molecular weight excluding hydrogens is 316 g/mol. The van der Waals surface area contributed by atoms with Crippen LogP contribution in [0, 0.1) is 12.8 Å². The fourth-order valence-electron chi connectivity index (χ4n) is 3.48. The van der Waals surface area contributed by atoms with E-state index in [2.05, 4.69) is 55.9 Å². The first-order valence-electron chi connectivity index (χ1n) is 9.06. The van der Waals surface area contributed by atoms with Gasteiger partial charge in [0.1, 0.15) is 5.82 Å². The Kier molecular flexibility index (Phi) is 5.65. The molecule has 2 N–H and O–H groups in total. The van der Waals surface area contributed by atoms with Gasteiger partial charge in [-0.05, 0) is 24.5 Å². The highest BCUT2D eigenvalue weighted by atomic mass is 16.1. The van der Waals surface area contributed by atoms with Crippen molar-refractivity contribution in [1.29, 1.82) is 0 Å². The highest BCUT2D eigenvalue weighted by Crippen LogP contribution is 2.22. The summed E-state index contributed by atoms with van der Waals surface area (Å²) in [6.45, 7) is 11.2. The van der Waals surface area contributed by atoms with Crippen LogP contribution in [0.2, 0.25) is 0 Å². The van der Waals surface area contributed by atoms with Crippen LogP contribution in [0.5, 0.6) is 0 Å². The van der Waals surface area contributed by atoms with Crippen LogP contribution < -0.4 is 5.69 Å². The second-order valence-corrected chi connectivity index (χ2v) is 7.09. The molecule has 1 fully saturated rings. The summed E-state index contributed by atoms with van der Waals surface area (Å²) >= 11 is 0. The molecule has 3 heterocycles. The Morgan fingerprint density at radius 3 is 2.80 bits per heavy atom. The minimum absolute atomic E-state index is 0.236. The molecule has 25 heavy (non-hydrogen) atoms. The molecule has 2 aromatic rings. The number of pyridine rings is 1. The summed E-state index contributed by atoms with van der Waals surface area (Å²) in [5.74, 6) is 1.30. The third kappa shape index (κ3) is 4.55. The lowest BCUT2D eigenvalue weighted by Crippen LogP contribution is -2.54. The fraction of sp³-hybridized carbons (Fsp3) is 0.611. The van der Waals surface area contributed by atoms with E-state index in [9.17, 15) is 4.79 Å². The lowest BCUT2D eigenvalue weighted by molar-refractivity contribution is 0.0337. The lowest BCUT2D eigenvalue weighted by Gasteiger charge is -2.43. The van der Waals surface area contributed by atoms with Crippen LogP contribution in [0.4, 0.5) is 0 Å². The van der Waals surface area contributed by atoms with Crippen LogP contribution in [0.1, 0.15) is 37.4 Å². The molecular formula is C18H28N6O. The number of nitrogens with zero attached hydrogens (tertiary/aromatic N) is 4. The molecule has 7 nitrogen and oxygen atoms in total. The van der Waals surface area contributed by atoms with E-state index in [0.29, 0.717) is 18.5 Å². The number of aromatic nitrogens is 4. The molecule has 136 valence electrons. The standard InChI is InChI=1S/C18H28N6O/c1-4-13(2)16-11-23(10-15-6-5-14(3)19-9-15)7-8-24(16)12-17-20-18(25)22-21-17/h5-6,9,13,16H,4,7-8,10-12H2,1-3H3,(H2,20,21,22,25)/t13-,16+/m1/s1. The first-order chi connectivity index (χ1) is 12.0. The zero-order chi connectivity index (χ0) is 17.8. The first-order valence-corrected chi connectivity index (χ1v) is 9.06. The average molecular weight is 344 g/mol. The van der Waals surface area contributed by atoms with E-state index >= 15 is 0 Å². The molecule has 0 spiro atoms. The van der Waals surface area contributed by atoms with Gasteiger partial charge >= 0.3 is 5.69 Å². The normalized spacial score (nSPS) is 20.7. The van der Waals surface area contributed by atoms with Gasteiger partial charge in [0.15, 0.2) is 0 Å². The summed E-state index contributed by atoms with van der Waals surface area (Å²) in [6, 6.07) is 4.70. The number of aromatic amines is 2. The molecule has 0 saturated carbocycles. The van der Waals surface area contributed by atoms with E-state index in [0.717, 1.165) is 44.1 Å². The van der Waals surface area contributed by atoms with Gasteiger partial charge in [-0.1, -0.05) is 26.3 Å². The van der Waals surface area contributed by atoms with Gasteiger partial charge in [-0.2, -0.15) is 5.10 Å². The second kappa shape index (κ2) is 7.93. The van der Waals surface area contributed by atoms with Crippen LogP contribution in [0.25, 0.3) is 0 Å². The average Bonchev–Trinajstić information content (AvgIpc) is 3.02. The Morgan fingerprint density at radius 1 is 1.32 bits per heavy atom. The molecule has 0 aliphatic carbocycles. The van der Waals surface area contributed by atoms with E-state index in [1.54, 1.807) is 0 Å². The summed E-state index contributed by atoms with van der Waals surface area (Å²) < 4.78 is 0. The number of hydrogen-bond acceptors (Lipinski definition) is 5. The Morgan fingerprint density at radius 2 is 2.16 bits per heavy atom. The van der Waals surface area contributed by atoms with Crippen molar-refractivity contribution in [3.8, 4) is 0 Å². The van der Waals surface area contributed by atoms with Crippen molar-refractivity contribution in [2.75, 3.05) is 19.6 Å². The van der Waals surface area contributed by atoms with Gasteiger partial charge < -0.3 is 0 Å². The molecule has 1 saturated heterocycles. The van der Waals surface area contributed by atoms with Gasteiger partial charge in [0.25, 0.3) is 0 Å². The van der Waals surface area contributed by atoms with Crippen molar-refractivity contribution in [2.24, 2.45) is 5.92 Å². The highest BCUT2D eigenvalue weighted by Gasteiger charge is 2.30. The van der Waals surface area contributed by atoms with Gasteiger partial charge in [-0.25, -0.2) is 9.89 Å². The summed E-state index contributed by atoms with van der Waals surface area (Å²) in [7, 11) is 0. The summed E-state index contributed by atoms with van der Waals surface area (Å²) in [5, 5.41) is 6.52. The molecule has 1 aliphatic rings. The quantitative estimate of drug-likeness (QED) is 0.831. The van der Waals surface area contributed by atoms with Gasteiger partial charge in [0.05, 0.1) is 6.54 Å². The number of nitrogens with one attached hydrogen (secondary N) is 2. The zero-order valence-electron chi connectivity index (χ0n) is 15.3. The van der Waals surface area contributed by atoms with Gasteiger partial charge in [-0.3, -0.25) is 19.8 Å². The molecule has 0 amide bonds. The monoisotopic (exact) mass is 344 g/mol. The minimum atomic E-state index is -0.236. The van der Waals surface area contributed by atoms with Crippen LogP contribution in [-0.4, -0.2) is 55.6 Å². The van der Waals surface area contributed by atoms with Crippen LogP contribution >= 0.6 is 0 Å². The number of hydrogen-bond donors (Lipinski definition) is 2. The largest absolute Gasteiger partial charge is 0.340 e. The zero-order valence-corrected chi connectivity index (χ0v) is 15.3. The molecule has 0 radical (unpaired) electrons. The Labute approximate surface area is 148 Å². The fourth-order valence-corrected chi connectivity index (χ4v) is 3.48. The maximum absolute atomic E-state index is 11.3.